The number of amides is 3. The standard InChI is InChI=1S/C24H30N8O6/c1-22(2)8-11-4-3-5-12(17(11)38-22)19(35)28-14-10-32-21(26)27-13(9-31-15(33)6-7-16(31)34)18-23(32,24(14,36)37)30-20(25)29-18/h3-5,13-14,18,36-37H,6-10H2,1-2H3,(H2,26,27)(H,28,35)(H3,25,29,30)/t13-,14?,18-,23-/m0/s1. The van der Waals surface area contributed by atoms with E-state index in [9.17, 15) is 24.6 Å². The van der Waals surface area contributed by atoms with Crippen molar-refractivity contribution in [1.82, 2.24) is 20.4 Å². The van der Waals surface area contributed by atoms with Crippen molar-refractivity contribution in [2.24, 2.45) is 21.5 Å². The van der Waals surface area contributed by atoms with E-state index in [4.69, 9.17) is 16.2 Å². The lowest BCUT2D eigenvalue weighted by Crippen LogP contribution is -2.78. The first kappa shape index (κ1) is 24.4. The lowest BCUT2D eigenvalue weighted by Gasteiger charge is -2.49. The van der Waals surface area contributed by atoms with Gasteiger partial charge >= 0.3 is 0 Å². The summed E-state index contributed by atoms with van der Waals surface area (Å²) >= 11 is 0. The van der Waals surface area contributed by atoms with E-state index in [1.807, 2.05) is 19.9 Å². The third kappa shape index (κ3) is 3.29. The van der Waals surface area contributed by atoms with Crippen molar-refractivity contribution >= 4 is 29.6 Å². The Morgan fingerprint density at radius 3 is 2.63 bits per heavy atom. The first-order valence-electron chi connectivity index (χ1n) is 12.5. The molecule has 5 aliphatic heterocycles. The number of carbonyl (C=O) groups is 3. The van der Waals surface area contributed by atoms with Gasteiger partial charge in [0.25, 0.3) is 5.91 Å². The highest BCUT2D eigenvalue weighted by Crippen LogP contribution is 2.45. The molecule has 1 spiro atoms. The summed E-state index contributed by atoms with van der Waals surface area (Å²) in [7, 11) is 0. The maximum Gasteiger partial charge on any atom is 0.255 e. The zero-order valence-corrected chi connectivity index (χ0v) is 21.0. The number of guanidine groups is 2. The summed E-state index contributed by atoms with van der Waals surface area (Å²) in [6.07, 6.45) is 0.823. The molecular weight excluding hydrogens is 496 g/mol. The maximum atomic E-state index is 13.4. The number of hydrogen-bond donors (Lipinski definition) is 6. The molecule has 14 heteroatoms. The first-order valence-corrected chi connectivity index (χ1v) is 12.5. The Kier molecular flexibility index (Phi) is 5.01. The van der Waals surface area contributed by atoms with Crippen LogP contribution in [0.4, 0.5) is 0 Å². The van der Waals surface area contributed by atoms with Crippen molar-refractivity contribution in [1.29, 1.82) is 0 Å². The highest BCUT2D eigenvalue weighted by atomic mass is 16.5. The minimum Gasteiger partial charge on any atom is -0.486 e. The van der Waals surface area contributed by atoms with Crippen LogP contribution in [0.25, 0.3) is 0 Å². The Labute approximate surface area is 217 Å². The maximum absolute atomic E-state index is 13.4. The van der Waals surface area contributed by atoms with Crippen LogP contribution >= 0.6 is 0 Å². The normalized spacial score (nSPS) is 32.2. The van der Waals surface area contributed by atoms with Crippen LogP contribution in [0.3, 0.4) is 0 Å². The fourth-order valence-corrected chi connectivity index (χ4v) is 6.28. The summed E-state index contributed by atoms with van der Waals surface area (Å²) in [6, 6.07) is 2.07. The van der Waals surface area contributed by atoms with Gasteiger partial charge in [-0.3, -0.25) is 19.3 Å². The van der Waals surface area contributed by atoms with Gasteiger partial charge < -0.3 is 42.0 Å². The van der Waals surface area contributed by atoms with E-state index in [-0.39, 0.29) is 55.2 Å². The van der Waals surface area contributed by atoms with E-state index in [2.05, 4.69) is 20.6 Å². The average Bonchev–Trinajstić information content (AvgIpc) is 3.52. The lowest BCUT2D eigenvalue weighted by molar-refractivity contribution is -0.230. The Bertz CT molecular complexity index is 1310. The highest BCUT2D eigenvalue weighted by molar-refractivity contribution is 6.02. The second-order valence-corrected chi connectivity index (χ2v) is 11.0. The lowest BCUT2D eigenvalue weighted by atomic mass is 9.84. The van der Waals surface area contributed by atoms with Gasteiger partial charge in [-0.05, 0) is 25.5 Å². The van der Waals surface area contributed by atoms with Crippen molar-refractivity contribution in [3.63, 3.8) is 0 Å². The van der Waals surface area contributed by atoms with E-state index in [0.717, 1.165) is 10.5 Å². The summed E-state index contributed by atoms with van der Waals surface area (Å²) in [5.41, 5.74) is 11.2. The van der Waals surface area contributed by atoms with E-state index in [1.54, 1.807) is 12.1 Å². The molecule has 1 unspecified atom stereocenters. The third-order valence-corrected chi connectivity index (χ3v) is 7.97. The molecule has 0 saturated carbocycles. The van der Waals surface area contributed by atoms with Crippen LogP contribution in [0.1, 0.15) is 42.6 Å². The molecule has 1 aromatic rings. The van der Waals surface area contributed by atoms with Crippen molar-refractivity contribution in [3.8, 4) is 5.75 Å². The largest absolute Gasteiger partial charge is 0.486 e. The number of aliphatic imine (C=N–C) groups is 2. The van der Waals surface area contributed by atoms with Gasteiger partial charge in [-0.25, -0.2) is 9.98 Å². The predicted octanol–water partition coefficient (Wildman–Crippen LogP) is -2.68. The number of nitrogens with zero attached hydrogens (tertiary/aromatic N) is 4. The molecule has 1 aromatic carbocycles. The quantitative estimate of drug-likeness (QED) is 0.177. The molecule has 6 rings (SSSR count). The zero-order chi connectivity index (χ0) is 27.2. The van der Waals surface area contributed by atoms with Gasteiger partial charge in [-0.15, -0.1) is 0 Å². The fourth-order valence-electron chi connectivity index (χ4n) is 6.28. The second-order valence-electron chi connectivity index (χ2n) is 11.0. The molecule has 202 valence electrons. The molecular formula is C24H30N8O6. The van der Waals surface area contributed by atoms with Crippen LogP contribution < -0.4 is 26.8 Å². The van der Waals surface area contributed by atoms with E-state index < -0.39 is 41.1 Å². The van der Waals surface area contributed by atoms with Gasteiger partial charge in [-0.2, -0.15) is 0 Å². The van der Waals surface area contributed by atoms with Gasteiger partial charge in [0.05, 0.1) is 18.2 Å². The van der Waals surface area contributed by atoms with Gasteiger partial charge in [0.2, 0.25) is 17.6 Å². The summed E-state index contributed by atoms with van der Waals surface area (Å²) in [5.74, 6) is -3.61. The number of carbonyl (C=O) groups excluding carboxylic acids is 3. The summed E-state index contributed by atoms with van der Waals surface area (Å²) < 4.78 is 6.01. The molecule has 0 radical (unpaired) electrons. The van der Waals surface area contributed by atoms with Crippen molar-refractivity contribution in [2.45, 2.75) is 68.3 Å². The van der Waals surface area contributed by atoms with Crippen LogP contribution in [-0.4, -0.2) is 97.9 Å². The number of fused-ring (bicyclic) bond motifs is 1. The second kappa shape index (κ2) is 7.80. The molecule has 0 aliphatic carbocycles. The minimum atomic E-state index is -2.64. The van der Waals surface area contributed by atoms with Gasteiger partial charge in [0, 0.05) is 25.8 Å². The number of rotatable bonds is 4. The minimum absolute atomic E-state index is 0.0716. The number of imide groups is 1. The van der Waals surface area contributed by atoms with Crippen molar-refractivity contribution in [2.75, 3.05) is 13.1 Å². The summed E-state index contributed by atoms with van der Waals surface area (Å²) in [5, 5.41) is 28.8. The number of likely N-dealkylation sites (tertiary alicyclic amines) is 1. The Hall–Kier alpha value is -3.91. The predicted molar refractivity (Wildman–Crippen MR) is 133 cm³/mol. The molecule has 14 nitrogen and oxygen atoms in total. The van der Waals surface area contributed by atoms with Crippen LogP contribution in [0.5, 0.6) is 5.75 Å². The highest BCUT2D eigenvalue weighted by Gasteiger charge is 2.73. The smallest absolute Gasteiger partial charge is 0.255 e. The topological polar surface area (TPSA) is 208 Å². The Morgan fingerprint density at radius 2 is 1.92 bits per heavy atom. The Balaban J connectivity index is 1.31. The summed E-state index contributed by atoms with van der Waals surface area (Å²) in [4.78, 5) is 49.2. The molecule has 8 N–H and O–H groups in total. The first-order chi connectivity index (χ1) is 17.8. The van der Waals surface area contributed by atoms with Crippen LogP contribution in [-0.2, 0) is 16.0 Å². The molecule has 2 fully saturated rings. The van der Waals surface area contributed by atoms with Gasteiger partial charge in [-0.1, -0.05) is 12.1 Å². The third-order valence-electron chi connectivity index (χ3n) is 7.97. The van der Waals surface area contributed by atoms with Crippen molar-refractivity contribution in [3.05, 3.63) is 29.3 Å². The monoisotopic (exact) mass is 526 g/mol. The summed E-state index contributed by atoms with van der Waals surface area (Å²) in [6.45, 7) is 3.57. The van der Waals surface area contributed by atoms with Crippen LogP contribution in [0.15, 0.2) is 28.2 Å². The number of aliphatic hydroxyl groups is 2. The zero-order valence-electron chi connectivity index (χ0n) is 21.0. The molecule has 2 saturated heterocycles. The van der Waals surface area contributed by atoms with E-state index >= 15 is 0 Å². The molecule has 4 atom stereocenters. The number of benzene rings is 1. The van der Waals surface area contributed by atoms with Gasteiger partial charge in [0.15, 0.2) is 17.6 Å². The fraction of sp³-hybridized carbons (Fsp3) is 0.542. The molecule has 5 heterocycles. The average molecular weight is 527 g/mol. The van der Waals surface area contributed by atoms with Crippen molar-refractivity contribution < 1.29 is 29.3 Å². The molecule has 5 aliphatic rings. The molecule has 3 amide bonds. The molecule has 0 aromatic heterocycles. The number of nitrogens with one attached hydrogen (secondary N) is 2. The van der Waals surface area contributed by atoms with Gasteiger partial charge in [0.1, 0.15) is 23.4 Å². The SMILES string of the molecule is CC1(C)Cc2cccc(C(=O)NC3CN4C(N)=N[C@@H](CN5C(=O)CCC5=O)[C@@H]5N=C(N)N[C@@]54C3(O)O)c2O1. The number of nitrogens with two attached hydrogens (primary N) is 2. The van der Waals surface area contributed by atoms with E-state index in [1.165, 1.54) is 4.90 Å². The van der Waals surface area contributed by atoms with E-state index in [0.29, 0.717) is 12.2 Å². The van der Waals surface area contributed by atoms with Crippen LogP contribution in [0.2, 0.25) is 0 Å². The number of ether oxygens (including phenoxy) is 1. The Morgan fingerprint density at radius 1 is 1.21 bits per heavy atom. The number of hydrogen-bond acceptors (Lipinski definition) is 12. The molecule has 0 bridgehead atoms. The molecule has 38 heavy (non-hydrogen) atoms. The number of para-hydroxylation sites is 1. The van der Waals surface area contributed by atoms with Crippen LogP contribution in [0, 0.1) is 0 Å².